The SMILES string of the molecule is COC(=O)Cn1ccc(NC(=O)CNC(=O)c2ccccc2)n1. The number of aromatic nitrogens is 2. The third-order valence-electron chi connectivity index (χ3n) is 2.87. The Kier molecular flexibility index (Phi) is 5.45. The molecule has 0 saturated heterocycles. The van der Waals surface area contributed by atoms with Crippen molar-refractivity contribution in [3.63, 3.8) is 0 Å². The second-order valence-corrected chi connectivity index (χ2v) is 4.57. The highest BCUT2D eigenvalue weighted by atomic mass is 16.5. The standard InChI is InChI=1S/C15H16N4O4/c1-23-14(21)10-19-8-7-12(18-19)17-13(20)9-16-15(22)11-5-3-2-4-6-11/h2-8H,9-10H2,1H3,(H,16,22)(H,17,18,20). The van der Waals surface area contributed by atoms with Gasteiger partial charge in [-0.2, -0.15) is 5.10 Å². The number of nitrogens with zero attached hydrogens (tertiary/aromatic N) is 2. The number of ether oxygens (including phenoxy) is 1. The van der Waals surface area contributed by atoms with Crippen LogP contribution in [0.15, 0.2) is 42.6 Å². The quantitative estimate of drug-likeness (QED) is 0.752. The molecule has 8 heteroatoms. The molecule has 8 nitrogen and oxygen atoms in total. The van der Waals surface area contributed by atoms with Crippen molar-refractivity contribution in [2.24, 2.45) is 0 Å². The van der Waals surface area contributed by atoms with Crippen molar-refractivity contribution in [1.82, 2.24) is 15.1 Å². The number of amides is 2. The molecular weight excluding hydrogens is 300 g/mol. The van der Waals surface area contributed by atoms with Crippen LogP contribution < -0.4 is 10.6 Å². The van der Waals surface area contributed by atoms with E-state index in [1.165, 1.54) is 18.0 Å². The van der Waals surface area contributed by atoms with Gasteiger partial charge in [0.2, 0.25) is 5.91 Å². The average molecular weight is 316 g/mol. The molecule has 0 aliphatic carbocycles. The lowest BCUT2D eigenvalue weighted by Crippen LogP contribution is -2.32. The molecule has 23 heavy (non-hydrogen) atoms. The third-order valence-corrected chi connectivity index (χ3v) is 2.87. The van der Waals surface area contributed by atoms with E-state index in [9.17, 15) is 14.4 Å². The lowest BCUT2D eigenvalue weighted by Gasteiger charge is -2.05. The summed E-state index contributed by atoms with van der Waals surface area (Å²) in [6.07, 6.45) is 1.54. The zero-order valence-corrected chi connectivity index (χ0v) is 12.5. The number of carbonyl (C=O) groups is 3. The molecule has 0 aliphatic heterocycles. The smallest absolute Gasteiger partial charge is 0.327 e. The Morgan fingerprint density at radius 3 is 2.61 bits per heavy atom. The van der Waals surface area contributed by atoms with Crippen molar-refractivity contribution in [3.05, 3.63) is 48.2 Å². The normalized spacial score (nSPS) is 9.96. The lowest BCUT2D eigenvalue weighted by atomic mass is 10.2. The summed E-state index contributed by atoms with van der Waals surface area (Å²) in [5.41, 5.74) is 0.475. The number of carbonyl (C=O) groups excluding carboxylic acids is 3. The van der Waals surface area contributed by atoms with Gasteiger partial charge in [0.15, 0.2) is 5.82 Å². The monoisotopic (exact) mass is 316 g/mol. The van der Waals surface area contributed by atoms with E-state index in [0.29, 0.717) is 5.56 Å². The first-order valence-electron chi connectivity index (χ1n) is 6.82. The van der Waals surface area contributed by atoms with E-state index in [4.69, 9.17) is 0 Å². The molecule has 1 aromatic heterocycles. The summed E-state index contributed by atoms with van der Waals surface area (Å²) in [6, 6.07) is 10.1. The van der Waals surface area contributed by atoms with Crippen LogP contribution in [-0.4, -0.2) is 41.2 Å². The molecule has 2 N–H and O–H groups in total. The van der Waals surface area contributed by atoms with Gasteiger partial charge in [-0.3, -0.25) is 19.1 Å². The summed E-state index contributed by atoms with van der Waals surface area (Å²) < 4.78 is 5.85. The van der Waals surface area contributed by atoms with Gasteiger partial charge in [-0.1, -0.05) is 18.2 Å². The Morgan fingerprint density at radius 2 is 1.91 bits per heavy atom. The zero-order valence-electron chi connectivity index (χ0n) is 12.5. The fourth-order valence-electron chi connectivity index (χ4n) is 1.75. The minimum absolute atomic E-state index is 0.0445. The van der Waals surface area contributed by atoms with Crippen molar-refractivity contribution in [3.8, 4) is 0 Å². The first-order chi connectivity index (χ1) is 11.1. The van der Waals surface area contributed by atoms with Crippen LogP contribution in [-0.2, 0) is 20.9 Å². The lowest BCUT2D eigenvalue weighted by molar-refractivity contribution is -0.141. The van der Waals surface area contributed by atoms with Gasteiger partial charge < -0.3 is 15.4 Å². The van der Waals surface area contributed by atoms with Crippen molar-refractivity contribution in [1.29, 1.82) is 0 Å². The highest BCUT2D eigenvalue weighted by Crippen LogP contribution is 2.02. The summed E-state index contributed by atoms with van der Waals surface area (Å²) in [7, 11) is 1.28. The summed E-state index contributed by atoms with van der Waals surface area (Å²) >= 11 is 0. The van der Waals surface area contributed by atoms with Crippen molar-refractivity contribution >= 4 is 23.6 Å². The van der Waals surface area contributed by atoms with Crippen molar-refractivity contribution < 1.29 is 19.1 Å². The molecule has 0 saturated carbocycles. The predicted octanol–water partition coefficient (Wildman–Crippen LogP) is 0.425. The van der Waals surface area contributed by atoms with E-state index in [2.05, 4.69) is 20.5 Å². The number of rotatable bonds is 6. The summed E-state index contributed by atoms with van der Waals surface area (Å²) in [5.74, 6) is -0.913. The van der Waals surface area contributed by atoms with Crippen LogP contribution in [0.5, 0.6) is 0 Å². The topological polar surface area (TPSA) is 102 Å². The molecule has 0 spiro atoms. The van der Waals surface area contributed by atoms with Gasteiger partial charge in [0.1, 0.15) is 6.54 Å². The van der Waals surface area contributed by atoms with Crippen LogP contribution in [0.1, 0.15) is 10.4 Å². The summed E-state index contributed by atoms with van der Waals surface area (Å²) in [4.78, 5) is 34.7. The summed E-state index contributed by atoms with van der Waals surface area (Å²) in [5, 5.41) is 9.02. The largest absolute Gasteiger partial charge is 0.468 e. The molecule has 2 rings (SSSR count). The van der Waals surface area contributed by atoms with E-state index in [1.807, 2.05) is 0 Å². The van der Waals surface area contributed by atoms with E-state index >= 15 is 0 Å². The molecule has 2 aromatic rings. The Balaban J connectivity index is 1.81. The van der Waals surface area contributed by atoms with E-state index in [-0.39, 0.29) is 24.8 Å². The molecule has 2 amide bonds. The minimum atomic E-state index is -0.443. The van der Waals surface area contributed by atoms with Crippen LogP contribution in [0.25, 0.3) is 0 Å². The number of esters is 1. The van der Waals surface area contributed by atoms with Gasteiger partial charge in [-0.25, -0.2) is 0 Å². The Bertz CT molecular complexity index is 697. The molecular formula is C15H16N4O4. The van der Waals surface area contributed by atoms with E-state index in [1.54, 1.807) is 36.4 Å². The Labute approximate surface area is 132 Å². The van der Waals surface area contributed by atoms with Crippen LogP contribution in [0, 0.1) is 0 Å². The fourth-order valence-corrected chi connectivity index (χ4v) is 1.75. The summed E-state index contributed by atoms with van der Waals surface area (Å²) in [6.45, 7) is -0.227. The Morgan fingerprint density at radius 1 is 1.17 bits per heavy atom. The van der Waals surface area contributed by atoms with Crippen LogP contribution >= 0.6 is 0 Å². The van der Waals surface area contributed by atoms with Crippen molar-refractivity contribution in [2.45, 2.75) is 6.54 Å². The second kappa shape index (κ2) is 7.74. The van der Waals surface area contributed by atoms with Gasteiger partial charge in [-0.15, -0.1) is 0 Å². The molecule has 0 radical (unpaired) electrons. The number of nitrogens with one attached hydrogen (secondary N) is 2. The van der Waals surface area contributed by atoms with Crippen LogP contribution in [0.2, 0.25) is 0 Å². The molecule has 0 bridgehead atoms. The third kappa shape index (κ3) is 4.95. The van der Waals surface area contributed by atoms with E-state index < -0.39 is 11.9 Å². The van der Waals surface area contributed by atoms with Gasteiger partial charge in [0, 0.05) is 17.8 Å². The van der Waals surface area contributed by atoms with E-state index in [0.717, 1.165) is 0 Å². The maximum Gasteiger partial charge on any atom is 0.327 e. The van der Waals surface area contributed by atoms with Crippen molar-refractivity contribution in [2.75, 3.05) is 19.0 Å². The number of methoxy groups -OCH3 is 1. The van der Waals surface area contributed by atoms with Crippen LogP contribution in [0.4, 0.5) is 5.82 Å². The molecule has 1 heterocycles. The molecule has 0 atom stereocenters. The number of anilines is 1. The van der Waals surface area contributed by atoms with Gasteiger partial charge in [-0.05, 0) is 12.1 Å². The second-order valence-electron chi connectivity index (χ2n) is 4.57. The van der Waals surface area contributed by atoms with Gasteiger partial charge in [0.05, 0.1) is 13.7 Å². The molecule has 120 valence electrons. The highest BCUT2D eigenvalue weighted by Gasteiger charge is 2.10. The van der Waals surface area contributed by atoms with Crippen LogP contribution in [0.3, 0.4) is 0 Å². The highest BCUT2D eigenvalue weighted by molar-refractivity contribution is 5.98. The number of hydrogen-bond donors (Lipinski definition) is 2. The number of benzene rings is 1. The molecule has 0 unspecified atom stereocenters. The first kappa shape index (κ1) is 16.2. The maximum absolute atomic E-state index is 11.8. The molecule has 1 aromatic carbocycles. The maximum atomic E-state index is 11.8. The number of hydrogen-bond acceptors (Lipinski definition) is 5. The zero-order chi connectivity index (χ0) is 16.7. The minimum Gasteiger partial charge on any atom is -0.468 e. The molecule has 0 fully saturated rings. The fraction of sp³-hybridized carbons (Fsp3) is 0.200. The first-order valence-corrected chi connectivity index (χ1v) is 6.82. The van der Waals surface area contributed by atoms with Gasteiger partial charge >= 0.3 is 5.97 Å². The molecule has 0 aliphatic rings. The predicted molar refractivity (Wildman–Crippen MR) is 81.6 cm³/mol. The Hall–Kier alpha value is -3.16. The average Bonchev–Trinajstić information content (AvgIpc) is 3.00. The van der Waals surface area contributed by atoms with Gasteiger partial charge in [0.25, 0.3) is 5.91 Å².